The van der Waals surface area contributed by atoms with Crippen LogP contribution in [0.1, 0.15) is 32.5 Å². The molecule has 0 radical (unpaired) electrons. The van der Waals surface area contributed by atoms with Crippen LogP contribution in [0.5, 0.6) is 0 Å². The summed E-state index contributed by atoms with van der Waals surface area (Å²) in [6.07, 6.45) is 0.816. The first kappa shape index (κ1) is 10.2. The third kappa shape index (κ3) is 2.81. The third-order valence-corrected chi connectivity index (χ3v) is 1.71. The molecule has 0 unspecified atom stereocenters. The van der Waals surface area contributed by atoms with Crippen LogP contribution >= 0.6 is 0 Å². The molecule has 4 heteroatoms. The minimum Gasteiger partial charge on any atom is -0.339 e. The molecule has 13 heavy (non-hydrogen) atoms. The van der Waals surface area contributed by atoms with Gasteiger partial charge in [-0.2, -0.15) is 4.98 Å². The maximum absolute atomic E-state index is 5.14. The van der Waals surface area contributed by atoms with E-state index in [0.717, 1.165) is 18.8 Å². The molecule has 0 fully saturated rings. The molecule has 0 bridgehead atoms. The standard InChI is InChI=1S/C9H17N3O/c1-9(2,3)8-11-7(12-13-8)5-6-10-4/h10H,5-6H2,1-4H3. The summed E-state index contributed by atoms with van der Waals surface area (Å²) < 4.78 is 5.14. The molecule has 0 spiro atoms. The maximum Gasteiger partial charge on any atom is 0.232 e. The lowest BCUT2D eigenvalue weighted by Gasteiger charge is -2.10. The van der Waals surface area contributed by atoms with E-state index in [1.54, 1.807) is 0 Å². The summed E-state index contributed by atoms with van der Waals surface area (Å²) in [5.74, 6) is 1.48. The molecule has 0 aliphatic carbocycles. The summed E-state index contributed by atoms with van der Waals surface area (Å²) in [5.41, 5.74) is -0.0507. The Morgan fingerprint density at radius 1 is 1.38 bits per heavy atom. The molecule has 0 saturated carbocycles. The zero-order valence-corrected chi connectivity index (χ0v) is 8.72. The molecule has 0 amide bonds. The molecule has 1 N–H and O–H groups in total. The van der Waals surface area contributed by atoms with Crippen molar-refractivity contribution in [2.75, 3.05) is 13.6 Å². The fraction of sp³-hybridized carbons (Fsp3) is 0.778. The topological polar surface area (TPSA) is 51.0 Å². The van der Waals surface area contributed by atoms with Crippen LogP contribution in [0.15, 0.2) is 4.52 Å². The van der Waals surface area contributed by atoms with Crippen LogP contribution in [0.4, 0.5) is 0 Å². The predicted octanol–water partition coefficient (Wildman–Crippen LogP) is 1.13. The van der Waals surface area contributed by atoms with Crippen molar-refractivity contribution in [1.29, 1.82) is 0 Å². The quantitative estimate of drug-likeness (QED) is 0.763. The van der Waals surface area contributed by atoms with E-state index < -0.39 is 0 Å². The molecule has 4 nitrogen and oxygen atoms in total. The Hall–Kier alpha value is -0.900. The Bertz CT molecular complexity index is 262. The fourth-order valence-corrected chi connectivity index (χ4v) is 0.897. The van der Waals surface area contributed by atoms with E-state index in [-0.39, 0.29) is 5.41 Å². The van der Waals surface area contributed by atoms with E-state index in [1.807, 2.05) is 7.05 Å². The van der Waals surface area contributed by atoms with E-state index >= 15 is 0 Å². The second-order valence-electron chi connectivity index (χ2n) is 4.12. The molecule has 1 heterocycles. The van der Waals surface area contributed by atoms with Crippen molar-refractivity contribution in [3.05, 3.63) is 11.7 Å². The predicted molar refractivity (Wildman–Crippen MR) is 50.6 cm³/mol. The van der Waals surface area contributed by atoms with E-state index in [9.17, 15) is 0 Å². The minimum absolute atomic E-state index is 0.0507. The fourth-order valence-electron chi connectivity index (χ4n) is 0.897. The van der Waals surface area contributed by atoms with E-state index in [2.05, 4.69) is 36.2 Å². The molecular formula is C9H17N3O. The van der Waals surface area contributed by atoms with Gasteiger partial charge < -0.3 is 9.84 Å². The van der Waals surface area contributed by atoms with Gasteiger partial charge in [-0.25, -0.2) is 0 Å². The van der Waals surface area contributed by atoms with Gasteiger partial charge in [-0.1, -0.05) is 25.9 Å². The molecule has 0 aliphatic rings. The lowest BCUT2D eigenvalue weighted by atomic mass is 9.97. The smallest absolute Gasteiger partial charge is 0.232 e. The van der Waals surface area contributed by atoms with Crippen LogP contribution in [0.2, 0.25) is 0 Å². The van der Waals surface area contributed by atoms with Crippen LogP contribution in [-0.4, -0.2) is 23.7 Å². The lowest BCUT2D eigenvalue weighted by Crippen LogP contribution is -2.13. The highest BCUT2D eigenvalue weighted by Gasteiger charge is 2.21. The summed E-state index contributed by atoms with van der Waals surface area (Å²) in [6.45, 7) is 7.05. The zero-order valence-electron chi connectivity index (χ0n) is 8.72. The summed E-state index contributed by atoms with van der Waals surface area (Å²) in [7, 11) is 1.91. The summed E-state index contributed by atoms with van der Waals surface area (Å²) in [5, 5.41) is 6.94. The van der Waals surface area contributed by atoms with Gasteiger partial charge in [0.25, 0.3) is 0 Å². The molecule has 74 valence electrons. The number of hydrogen-bond donors (Lipinski definition) is 1. The third-order valence-electron chi connectivity index (χ3n) is 1.71. The zero-order chi connectivity index (χ0) is 9.90. The Kier molecular flexibility index (Phi) is 3.03. The van der Waals surface area contributed by atoms with Crippen molar-refractivity contribution in [3.63, 3.8) is 0 Å². The van der Waals surface area contributed by atoms with Gasteiger partial charge in [-0.3, -0.25) is 0 Å². The highest BCUT2D eigenvalue weighted by molar-refractivity contribution is 4.98. The van der Waals surface area contributed by atoms with Crippen molar-refractivity contribution in [2.45, 2.75) is 32.6 Å². The van der Waals surface area contributed by atoms with E-state index in [4.69, 9.17) is 4.52 Å². The average Bonchev–Trinajstić information content (AvgIpc) is 2.47. The number of likely N-dealkylation sites (N-methyl/N-ethyl adjacent to an activating group) is 1. The Labute approximate surface area is 78.7 Å². The molecule has 0 saturated heterocycles. The van der Waals surface area contributed by atoms with Gasteiger partial charge in [0.1, 0.15) is 0 Å². The van der Waals surface area contributed by atoms with Crippen molar-refractivity contribution in [3.8, 4) is 0 Å². The number of aromatic nitrogens is 2. The van der Waals surface area contributed by atoms with Gasteiger partial charge in [0, 0.05) is 18.4 Å². The second-order valence-corrected chi connectivity index (χ2v) is 4.12. The normalized spacial score (nSPS) is 12.0. The molecule has 1 rings (SSSR count). The molecule has 0 atom stereocenters. The maximum atomic E-state index is 5.14. The van der Waals surface area contributed by atoms with Gasteiger partial charge >= 0.3 is 0 Å². The first-order valence-corrected chi connectivity index (χ1v) is 4.51. The van der Waals surface area contributed by atoms with Crippen molar-refractivity contribution in [2.24, 2.45) is 0 Å². The van der Waals surface area contributed by atoms with Crippen molar-refractivity contribution >= 4 is 0 Å². The number of nitrogens with one attached hydrogen (secondary N) is 1. The van der Waals surface area contributed by atoms with E-state index in [0.29, 0.717) is 5.89 Å². The highest BCUT2D eigenvalue weighted by atomic mass is 16.5. The van der Waals surface area contributed by atoms with Gasteiger partial charge in [0.2, 0.25) is 5.89 Å². The summed E-state index contributed by atoms with van der Waals surface area (Å²) >= 11 is 0. The van der Waals surface area contributed by atoms with Crippen LogP contribution in [0, 0.1) is 0 Å². The summed E-state index contributed by atoms with van der Waals surface area (Å²) in [4.78, 5) is 4.30. The number of nitrogens with zero attached hydrogens (tertiary/aromatic N) is 2. The molecule has 1 aromatic rings. The average molecular weight is 183 g/mol. The van der Waals surface area contributed by atoms with Crippen molar-refractivity contribution in [1.82, 2.24) is 15.5 Å². The minimum atomic E-state index is -0.0507. The summed E-state index contributed by atoms with van der Waals surface area (Å²) in [6, 6.07) is 0. The molecule has 0 aromatic carbocycles. The van der Waals surface area contributed by atoms with Gasteiger partial charge in [0.05, 0.1) is 0 Å². The highest BCUT2D eigenvalue weighted by Crippen LogP contribution is 2.19. The Morgan fingerprint density at radius 3 is 2.54 bits per heavy atom. The first-order chi connectivity index (χ1) is 6.04. The largest absolute Gasteiger partial charge is 0.339 e. The SMILES string of the molecule is CNCCc1noc(C(C)(C)C)n1. The number of rotatable bonds is 3. The molecule has 1 aromatic heterocycles. The Balaban J connectivity index is 2.64. The van der Waals surface area contributed by atoms with Crippen LogP contribution in [0.3, 0.4) is 0 Å². The van der Waals surface area contributed by atoms with Gasteiger partial charge in [-0.15, -0.1) is 0 Å². The van der Waals surface area contributed by atoms with Crippen LogP contribution in [-0.2, 0) is 11.8 Å². The Morgan fingerprint density at radius 2 is 2.08 bits per heavy atom. The van der Waals surface area contributed by atoms with Gasteiger partial charge in [0.15, 0.2) is 5.82 Å². The van der Waals surface area contributed by atoms with E-state index in [1.165, 1.54) is 0 Å². The van der Waals surface area contributed by atoms with Crippen LogP contribution < -0.4 is 5.32 Å². The lowest BCUT2D eigenvalue weighted by molar-refractivity contribution is 0.318. The molecular weight excluding hydrogens is 166 g/mol. The van der Waals surface area contributed by atoms with Crippen LogP contribution in [0.25, 0.3) is 0 Å². The first-order valence-electron chi connectivity index (χ1n) is 4.51. The number of hydrogen-bond acceptors (Lipinski definition) is 4. The second kappa shape index (κ2) is 3.87. The monoisotopic (exact) mass is 183 g/mol. The van der Waals surface area contributed by atoms with Crippen molar-refractivity contribution < 1.29 is 4.52 Å². The molecule has 0 aliphatic heterocycles. The van der Waals surface area contributed by atoms with Gasteiger partial charge in [-0.05, 0) is 7.05 Å².